The molecule has 9 atom stereocenters. The van der Waals surface area contributed by atoms with E-state index in [1.54, 1.807) is 27.7 Å². The molecular formula is C45H79N15O16. The van der Waals surface area contributed by atoms with E-state index < -0.39 is 164 Å². The number of carbonyl (C=O) groups is 12. The maximum Gasteiger partial charge on any atom is 0.326 e. The van der Waals surface area contributed by atoms with Crippen LogP contribution in [0.15, 0.2) is 9.98 Å². The standard InChI is InChI=1S/C45H79N15O16/c1-7-23(6)35(60-36(68)24(46)12-14-31(62)63)42(74)57-28(18-21(2)3)40(72)56-26(13-15-32(64)65)38(70)55-25(10-8-16-51-44(47)48)39(71)59-34(22(4)5)41(73)58-29(19-33(66)67)37(69)53-20-30(61)54-27(43(75)76)11-9-17-52-45(49)50/h21-29,34-35H,7-20,46H2,1-6H3,(H,53,69)(H,54,61)(H,55,70)(H,56,72)(H,57,74)(H,58,73)(H,59,71)(H,60,68)(H,62,63)(H,64,65)(H,66,67)(H,75,76)(H4,47,48,51)(H4,49,50,52)/t23-,24-,25-,26-,27-,28-,29-,34-,35-/m0/s1. The minimum Gasteiger partial charge on any atom is -0.481 e. The fourth-order valence-electron chi connectivity index (χ4n) is 6.92. The maximum atomic E-state index is 14.1. The lowest BCUT2D eigenvalue weighted by atomic mass is 9.96. The van der Waals surface area contributed by atoms with E-state index >= 15 is 0 Å². The third-order valence-corrected chi connectivity index (χ3v) is 11.3. The fourth-order valence-corrected chi connectivity index (χ4v) is 6.92. The molecule has 22 N–H and O–H groups in total. The second-order valence-electron chi connectivity index (χ2n) is 18.6. The number of nitrogens with one attached hydrogen (secondary N) is 8. The first-order chi connectivity index (χ1) is 35.4. The van der Waals surface area contributed by atoms with Gasteiger partial charge in [0.15, 0.2) is 11.9 Å². The van der Waals surface area contributed by atoms with Gasteiger partial charge in [-0.3, -0.25) is 62.7 Å². The molecule has 31 heteroatoms. The third-order valence-electron chi connectivity index (χ3n) is 11.3. The lowest BCUT2D eigenvalue weighted by molar-refractivity contribution is -0.143. The summed E-state index contributed by atoms with van der Waals surface area (Å²) in [5.74, 6) is -15.6. The number of nitrogens with zero attached hydrogens (tertiary/aromatic N) is 2. The van der Waals surface area contributed by atoms with Crippen molar-refractivity contribution in [1.82, 2.24) is 42.5 Å². The first-order valence-corrected chi connectivity index (χ1v) is 24.5. The van der Waals surface area contributed by atoms with Gasteiger partial charge in [-0.15, -0.1) is 0 Å². The predicted octanol–water partition coefficient (Wildman–Crippen LogP) is -5.03. The molecule has 0 fully saturated rings. The molecule has 0 aliphatic rings. The van der Waals surface area contributed by atoms with Crippen molar-refractivity contribution in [2.75, 3.05) is 19.6 Å². The van der Waals surface area contributed by atoms with Gasteiger partial charge >= 0.3 is 23.9 Å². The Kier molecular flexibility index (Phi) is 31.7. The normalized spacial score (nSPS) is 14.5. The van der Waals surface area contributed by atoms with Gasteiger partial charge in [-0.05, 0) is 62.7 Å². The van der Waals surface area contributed by atoms with Gasteiger partial charge < -0.3 is 91.6 Å². The van der Waals surface area contributed by atoms with E-state index in [1.165, 1.54) is 13.8 Å². The summed E-state index contributed by atoms with van der Waals surface area (Å²) in [6.45, 7) is 8.91. The van der Waals surface area contributed by atoms with Crippen LogP contribution in [0.1, 0.15) is 112 Å². The molecule has 0 rings (SSSR count). The highest BCUT2D eigenvalue weighted by Gasteiger charge is 2.36. The average molecular weight is 1090 g/mol. The molecule has 0 saturated carbocycles. The Balaban J connectivity index is 6.64. The van der Waals surface area contributed by atoms with Gasteiger partial charge in [0.1, 0.15) is 42.3 Å². The van der Waals surface area contributed by atoms with Crippen molar-refractivity contribution < 1.29 is 78.0 Å². The molecule has 0 aromatic heterocycles. The summed E-state index contributed by atoms with van der Waals surface area (Å²) < 4.78 is 0. The summed E-state index contributed by atoms with van der Waals surface area (Å²) in [6, 6.07) is -12.0. The van der Waals surface area contributed by atoms with E-state index in [2.05, 4.69) is 52.5 Å². The van der Waals surface area contributed by atoms with Crippen LogP contribution in [-0.4, -0.2) is 171 Å². The highest BCUT2D eigenvalue weighted by Crippen LogP contribution is 2.14. The summed E-state index contributed by atoms with van der Waals surface area (Å²) in [5, 5.41) is 56.7. The Morgan fingerprint density at radius 3 is 1.41 bits per heavy atom. The van der Waals surface area contributed by atoms with E-state index in [0.717, 1.165) is 0 Å². The molecule has 0 aliphatic heterocycles. The molecule has 0 aliphatic carbocycles. The number of nitrogens with two attached hydrogens (primary N) is 5. The Morgan fingerprint density at radius 1 is 0.487 bits per heavy atom. The summed E-state index contributed by atoms with van der Waals surface area (Å²) in [7, 11) is 0. The van der Waals surface area contributed by atoms with Gasteiger partial charge in [-0.1, -0.05) is 48.0 Å². The second-order valence-corrected chi connectivity index (χ2v) is 18.6. The van der Waals surface area contributed by atoms with Crippen LogP contribution in [0.25, 0.3) is 0 Å². The Bertz CT molecular complexity index is 2080. The average Bonchev–Trinajstić information content (AvgIpc) is 3.31. The number of hydrogen-bond acceptors (Lipinski definition) is 15. The molecule has 0 unspecified atom stereocenters. The van der Waals surface area contributed by atoms with E-state index in [-0.39, 0.29) is 69.5 Å². The number of carbonyl (C=O) groups excluding carboxylic acids is 8. The van der Waals surface area contributed by atoms with E-state index in [0.29, 0.717) is 6.42 Å². The Morgan fingerprint density at radius 2 is 0.934 bits per heavy atom. The van der Waals surface area contributed by atoms with Crippen LogP contribution in [0.2, 0.25) is 0 Å². The van der Waals surface area contributed by atoms with Gasteiger partial charge in [0.05, 0.1) is 19.0 Å². The van der Waals surface area contributed by atoms with Gasteiger partial charge in [-0.2, -0.15) is 0 Å². The lowest BCUT2D eigenvalue weighted by Gasteiger charge is -2.29. The summed E-state index contributed by atoms with van der Waals surface area (Å²) >= 11 is 0. The van der Waals surface area contributed by atoms with Crippen LogP contribution >= 0.6 is 0 Å². The van der Waals surface area contributed by atoms with E-state index in [4.69, 9.17) is 33.8 Å². The van der Waals surface area contributed by atoms with Gasteiger partial charge in [0, 0.05) is 25.9 Å². The number of hydrogen-bond donors (Lipinski definition) is 17. The highest BCUT2D eigenvalue weighted by atomic mass is 16.4. The molecular weight excluding hydrogens is 1010 g/mol. The van der Waals surface area contributed by atoms with Crippen LogP contribution in [0.5, 0.6) is 0 Å². The highest BCUT2D eigenvalue weighted by molar-refractivity contribution is 5.98. The number of rotatable bonds is 38. The molecule has 0 bridgehead atoms. The minimum atomic E-state index is -1.85. The molecule has 0 heterocycles. The molecule has 8 amide bonds. The molecule has 76 heavy (non-hydrogen) atoms. The first-order valence-electron chi connectivity index (χ1n) is 24.5. The topological polar surface area (TPSA) is 537 Å². The SMILES string of the molecule is CC[C@H](C)[C@H](NC(=O)[C@@H](N)CCC(=O)O)C(=O)N[C@@H](CC(C)C)C(=O)N[C@@H](CCC(=O)O)C(=O)N[C@@H](CCCN=C(N)N)C(=O)N[C@H](C(=O)N[C@@H](CC(=O)O)C(=O)NCC(=O)N[C@@H](CCCN=C(N)N)C(=O)O)C(C)C. The summed E-state index contributed by atoms with van der Waals surface area (Å²) in [5.41, 5.74) is 27.3. The van der Waals surface area contributed by atoms with Gasteiger partial charge in [-0.25, -0.2) is 4.79 Å². The zero-order valence-electron chi connectivity index (χ0n) is 43.7. The van der Waals surface area contributed by atoms with Crippen LogP contribution in [-0.2, 0) is 57.5 Å². The van der Waals surface area contributed by atoms with Crippen molar-refractivity contribution in [3.63, 3.8) is 0 Å². The van der Waals surface area contributed by atoms with Crippen LogP contribution in [0.4, 0.5) is 0 Å². The summed E-state index contributed by atoms with van der Waals surface area (Å²) in [6.07, 6.45) is -2.72. The number of guanidine groups is 2. The van der Waals surface area contributed by atoms with Crippen molar-refractivity contribution in [1.29, 1.82) is 0 Å². The van der Waals surface area contributed by atoms with Crippen LogP contribution < -0.4 is 71.2 Å². The number of carboxylic acids is 4. The van der Waals surface area contributed by atoms with Crippen molar-refractivity contribution in [2.45, 2.75) is 161 Å². The van der Waals surface area contributed by atoms with E-state index in [9.17, 15) is 72.9 Å². The Labute approximate surface area is 439 Å². The van der Waals surface area contributed by atoms with Crippen LogP contribution in [0, 0.1) is 17.8 Å². The fraction of sp³-hybridized carbons (Fsp3) is 0.689. The predicted molar refractivity (Wildman–Crippen MR) is 272 cm³/mol. The van der Waals surface area contributed by atoms with E-state index in [1.807, 2.05) is 0 Å². The van der Waals surface area contributed by atoms with Crippen molar-refractivity contribution in [3.8, 4) is 0 Å². The zero-order chi connectivity index (χ0) is 58.4. The largest absolute Gasteiger partial charge is 0.481 e. The quantitative estimate of drug-likeness (QED) is 0.0156. The Hall–Kier alpha value is -7.86. The lowest BCUT2D eigenvalue weighted by Crippen LogP contribution is -2.61. The van der Waals surface area contributed by atoms with Crippen molar-refractivity contribution in [3.05, 3.63) is 0 Å². The van der Waals surface area contributed by atoms with Crippen molar-refractivity contribution >= 4 is 83.1 Å². The summed E-state index contributed by atoms with van der Waals surface area (Å²) in [4.78, 5) is 162. The van der Waals surface area contributed by atoms with Crippen LogP contribution in [0.3, 0.4) is 0 Å². The zero-order valence-corrected chi connectivity index (χ0v) is 43.7. The monoisotopic (exact) mass is 1090 g/mol. The first kappa shape index (κ1) is 68.1. The number of carboxylic acid groups (broad SMARTS) is 4. The molecule has 0 aromatic carbocycles. The second kappa shape index (κ2) is 35.4. The molecule has 0 aromatic rings. The van der Waals surface area contributed by atoms with Crippen molar-refractivity contribution in [2.24, 2.45) is 56.4 Å². The molecule has 0 saturated heterocycles. The van der Waals surface area contributed by atoms with Gasteiger partial charge in [0.25, 0.3) is 0 Å². The number of amides is 8. The van der Waals surface area contributed by atoms with Gasteiger partial charge in [0.2, 0.25) is 47.3 Å². The third kappa shape index (κ3) is 28.6. The maximum absolute atomic E-state index is 14.1. The number of aliphatic imine (C=N–C) groups is 2. The smallest absolute Gasteiger partial charge is 0.326 e. The molecule has 0 spiro atoms. The number of aliphatic carboxylic acids is 4. The molecule has 0 radical (unpaired) electrons. The molecule has 430 valence electrons. The molecule has 31 nitrogen and oxygen atoms in total. The minimum absolute atomic E-state index is 0.0153.